The number of carboxylic acid groups (broad SMARTS) is 1. The summed E-state index contributed by atoms with van der Waals surface area (Å²) in [6.07, 6.45) is 7.70. The van der Waals surface area contributed by atoms with Gasteiger partial charge < -0.3 is 30.8 Å². The van der Waals surface area contributed by atoms with Gasteiger partial charge in [0.2, 0.25) is 11.5 Å². The molecule has 0 aliphatic carbocycles. The van der Waals surface area contributed by atoms with E-state index in [1.54, 1.807) is 11.8 Å². The number of amides is 2. The zero-order valence-electron chi connectivity index (χ0n) is 22.3. The molecule has 0 radical (unpaired) electrons. The lowest BCUT2D eigenvalue weighted by Crippen LogP contribution is -2.71. The van der Waals surface area contributed by atoms with Crippen LogP contribution in [-0.4, -0.2) is 115 Å². The topological polar surface area (TPSA) is 182 Å². The number of β-lactam (4-membered cyclic amide) rings is 1. The standard InChI is InChI=1S/C23H28N10O5S3/c1-30(2)8-9-39-13-4-5-14-31(6-7-32(14)27-13)10-12-11-40-21-16(20(35)33(21)17(12)22(36)37)25-19(34)15(28-38-3)18-26-23(24)41-29-18/h4-7,16,21,27H,8-11H2,1-3H3,(H,25,34)(H,36,37)(H2,24,26,29)/b28-15-/t16-,21+/m1/s1. The molecule has 4 aliphatic heterocycles. The number of nitrogens with zero attached hydrogens (tertiary/aromatic N) is 7. The van der Waals surface area contributed by atoms with Crippen molar-refractivity contribution in [3.8, 4) is 0 Å². The second-order valence-corrected chi connectivity index (χ2v) is 12.3. The van der Waals surface area contributed by atoms with Crippen LogP contribution in [0, 0.1) is 0 Å². The van der Waals surface area contributed by atoms with Crippen LogP contribution in [0.2, 0.25) is 0 Å². The normalized spacial score (nSPS) is 21.7. The maximum Gasteiger partial charge on any atom is 0.352 e. The second kappa shape index (κ2) is 12.0. The van der Waals surface area contributed by atoms with Crippen molar-refractivity contribution in [2.45, 2.75) is 11.4 Å². The lowest BCUT2D eigenvalue weighted by atomic mass is 10.0. The zero-order valence-corrected chi connectivity index (χ0v) is 24.8. The maximum absolute atomic E-state index is 13.2. The monoisotopic (exact) mass is 620 g/mol. The number of hydrazine groups is 1. The molecule has 1 aromatic heterocycles. The molecule has 5 N–H and O–H groups in total. The summed E-state index contributed by atoms with van der Waals surface area (Å²) in [5.74, 6) is -0.374. The largest absolute Gasteiger partial charge is 0.477 e. The summed E-state index contributed by atoms with van der Waals surface area (Å²) >= 11 is 3.97. The number of thioether (sulfide) groups is 2. The van der Waals surface area contributed by atoms with Crippen molar-refractivity contribution >= 4 is 63.7 Å². The molecule has 0 aromatic carbocycles. The highest BCUT2D eigenvalue weighted by Crippen LogP contribution is 2.41. The molecule has 0 unspecified atom stereocenters. The number of rotatable bonds is 11. The Bertz CT molecular complexity index is 1400. The fraction of sp³-hybridized carbons (Fsp3) is 0.391. The van der Waals surface area contributed by atoms with Gasteiger partial charge >= 0.3 is 5.97 Å². The Morgan fingerprint density at radius 2 is 2.17 bits per heavy atom. The van der Waals surface area contributed by atoms with Gasteiger partial charge in [-0.1, -0.05) is 5.16 Å². The number of nitrogens with two attached hydrogens (primary N) is 1. The number of carboxylic acids is 1. The molecule has 1 aromatic rings. The molecule has 4 aliphatic rings. The van der Waals surface area contributed by atoms with E-state index in [-0.39, 0.29) is 28.9 Å². The van der Waals surface area contributed by atoms with Crippen LogP contribution in [0.1, 0.15) is 5.82 Å². The molecule has 2 amide bonds. The van der Waals surface area contributed by atoms with E-state index in [0.29, 0.717) is 11.3 Å². The molecule has 2 atom stereocenters. The first-order valence-electron chi connectivity index (χ1n) is 12.3. The minimum absolute atomic E-state index is 0.0338. The summed E-state index contributed by atoms with van der Waals surface area (Å²) < 4.78 is 3.97. The number of anilines is 1. The molecule has 18 heteroatoms. The number of carbonyl (C=O) groups excluding carboxylic acids is 2. The van der Waals surface area contributed by atoms with E-state index in [1.165, 1.54) is 23.8 Å². The third-order valence-corrected chi connectivity index (χ3v) is 9.10. The van der Waals surface area contributed by atoms with Gasteiger partial charge in [0.15, 0.2) is 5.13 Å². The van der Waals surface area contributed by atoms with E-state index in [0.717, 1.165) is 34.7 Å². The Balaban J connectivity index is 1.27. The van der Waals surface area contributed by atoms with Gasteiger partial charge in [-0.3, -0.25) is 19.9 Å². The molecule has 15 nitrogen and oxygen atoms in total. The summed E-state index contributed by atoms with van der Waals surface area (Å²) in [7, 11) is 5.32. The molecule has 5 rings (SSSR count). The van der Waals surface area contributed by atoms with Gasteiger partial charge in [0.1, 0.15) is 30.0 Å². The molecule has 1 fully saturated rings. The van der Waals surface area contributed by atoms with Crippen molar-refractivity contribution < 1.29 is 24.3 Å². The number of hydrogen-bond acceptors (Lipinski definition) is 15. The van der Waals surface area contributed by atoms with Gasteiger partial charge in [0.25, 0.3) is 11.8 Å². The third-order valence-electron chi connectivity index (χ3n) is 6.30. The van der Waals surface area contributed by atoms with Gasteiger partial charge in [0.05, 0.1) is 5.03 Å². The average molecular weight is 621 g/mol. The highest BCUT2D eigenvalue weighted by molar-refractivity contribution is 8.03. The summed E-state index contributed by atoms with van der Waals surface area (Å²) in [5, 5.41) is 18.8. The number of carbonyl (C=O) groups is 3. The predicted octanol–water partition coefficient (Wildman–Crippen LogP) is -0.206. The third kappa shape index (κ3) is 5.85. The van der Waals surface area contributed by atoms with Crippen LogP contribution in [0.5, 0.6) is 0 Å². The van der Waals surface area contributed by atoms with Crippen LogP contribution < -0.4 is 16.5 Å². The van der Waals surface area contributed by atoms with Crippen molar-refractivity contribution in [3.05, 3.63) is 52.5 Å². The van der Waals surface area contributed by atoms with Crippen molar-refractivity contribution in [2.75, 3.05) is 51.5 Å². The lowest BCUT2D eigenvalue weighted by Gasteiger charge is -2.49. The number of nitrogen functional groups attached to an aromatic ring is 1. The minimum Gasteiger partial charge on any atom is -0.477 e. The Morgan fingerprint density at radius 1 is 1.37 bits per heavy atom. The molecular formula is C23H28N10O5S3. The Hall–Kier alpha value is -3.74. The first-order chi connectivity index (χ1) is 19.7. The van der Waals surface area contributed by atoms with Crippen LogP contribution in [0.15, 0.2) is 51.8 Å². The van der Waals surface area contributed by atoms with E-state index in [1.807, 2.05) is 48.6 Å². The molecule has 0 saturated carbocycles. The van der Waals surface area contributed by atoms with Crippen molar-refractivity contribution in [1.29, 1.82) is 0 Å². The number of aliphatic carboxylic acids is 1. The Kier molecular flexibility index (Phi) is 8.43. The molecule has 1 saturated heterocycles. The van der Waals surface area contributed by atoms with E-state index < -0.39 is 29.2 Å². The molecule has 5 heterocycles. The fourth-order valence-corrected chi connectivity index (χ4v) is 7.17. The van der Waals surface area contributed by atoms with Crippen LogP contribution in [0.4, 0.5) is 5.13 Å². The van der Waals surface area contributed by atoms with E-state index >= 15 is 0 Å². The van der Waals surface area contributed by atoms with Crippen molar-refractivity contribution in [3.63, 3.8) is 0 Å². The number of hydrogen-bond donors (Lipinski definition) is 4. The molecular weight excluding hydrogens is 593 g/mol. The van der Waals surface area contributed by atoms with Gasteiger partial charge in [-0.2, -0.15) is 9.36 Å². The van der Waals surface area contributed by atoms with E-state index in [9.17, 15) is 19.5 Å². The maximum atomic E-state index is 13.2. The van der Waals surface area contributed by atoms with E-state index in [4.69, 9.17) is 10.6 Å². The number of aromatic nitrogens is 2. The van der Waals surface area contributed by atoms with Gasteiger partial charge in [0, 0.05) is 48.5 Å². The Morgan fingerprint density at radius 3 is 2.85 bits per heavy atom. The first-order valence-corrected chi connectivity index (χ1v) is 15.1. The summed E-state index contributed by atoms with van der Waals surface area (Å²) in [6, 6.07) is -0.956. The van der Waals surface area contributed by atoms with Gasteiger partial charge in [-0.25, -0.2) is 9.80 Å². The summed E-state index contributed by atoms with van der Waals surface area (Å²) in [5.41, 5.74) is 9.23. The fourth-order valence-electron chi connectivity index (χ4n) is 4.39. The highest BCUT2D eigenvalue weighted by atomic mass is 32.2. The summed E-state index contributed by atoms with van der Waals surface area (Å²) in [6.45, 7) is 1.23. The first kappa shape index (κ1) is 28.8. The molecule has 41 heavy (non-hydrogen) atoms. The van der Waals surface area contributed by atoms with Gasteiger partial charge in [-0.15, -0.1) is 23.5 Å². The number of allylic oxidation sites excluding steroid dienone is 2. The summed E-state index contributed by atoms with van der Waals surface area (Å²) in [4.78, 5) is 52.4. The quantitative estimate of drug-likeness (QED) is 0.145. The molecule has 0 spiro atoms. The van der Waals surface area contributed by atoms with Crippen LogP contribution in [0.25, 0.3) is 0 Å². The average Bonchev–Trinajstić information content (AvgIpc) is 3.55. The lowest BCUT2D eigenvalue weighted by molar-refractivity contribution is -0.150. The number of oxime groups is 1. The molecule has 218 valence electrons. The highest BCUT2D eigenvalue weighted by Gasteiger charge is 2.54. The van der Waals surface area contributed by atoms with Crippen LogP contribution >= 0.6 is 35.1 Å². The van der Waals surface area contributed by atoms with Crippen molar-refractivity contribution in [2.24, 2.45) is 5.16 Å². The Labute approximate surface area is 247 Å². The predicted molar refractivity (Wildman–Crippen MR) is 156 cm³/mol. The number of nitrogens with one attached hydrogen (secondary N) is 2. The van der Waals surface area contributed by atoms with Crippen LogP contribution in [0.3, 0.4) is 0 Å². The number of fused-ring (bicyclic) bond motifs is 2. The zero-order chi connectivity index (χ0) is 29.3. The smallest absolute Gasteiger partial charge is 0.352 e. The van der Waals surface area contributed by atoms with Crippen molar-refractivity contribution in [1.82, 2.24) is 39.8 Å². The SMILES string of the molecule is CO/N=C(\C(=O)N[C@@H]1C(=O)N2C(C(=O)O)=C(CN3C=CN4NC(SCCN(C)C)=CC=C34)CS[C@@H]12)c1nsc(N)n1. The minimum atomic E-state index is -1.21. The van der Waals surface area contributed by atoms with E-state index in [2.05, 4.69) is 30.2 Å². The van der Waals surface area contributed by atoms with Gasteiger partial charge in [-0.05, 0) is 31.8 Å². The molecule has 0 bridgehead atoms. The second-order valence-electron chi connectivity index (χ2n) is 9.31. The van der Waals surface area contributed by atoms with Crippen LogP contribution in [-0.2, 0) is 19.2 Å².